The first-order chi connectivity index (χ1) is 8.88. The van der Waals surface area contributed by atoms with E-state index in [1.165, 1.54) is 24.3 Å². The summed E-state index contributed by atoms with van der Waals surface area (Å²) >= 11 is 0. The predicted octanol–water partition coefficient (Wildman–Crippen LogP) is 2.18. The van der Waals surface area contributed by atoms with Crippen molar-refractivity contribution in [3.8, 4) is 5.75 Å². The zero-order valence-electron chi connectivity index (χ0n) is 10.8. The van der Waals surface area contributed by atoms with Gasteiger partial charge in [0.1, 0.15) is 5.75 Å². The molecule has 19 heavy (non-hydrogen) atoms. The normalized spacial score (nSPS) is 14.0. The number of aliphatic hydroxyl groups is 1. The third-order valence-corrected chi connectivity index (χ3v) is 2.39. The van der Waals surface area contributed by atoms with E-state index >= 15 is 0 Å². The van der Waals surface area contributed by atoms with E-state index in [1.54, 1.807) is 13.8 Å². The molecule has 2 unspecified atom stereocenters. The fourth-order valence-electron chi connectivity index (χ4n) is 1.69. The molecule has 1 rings (SSSR count). The number of hydrogen-bond acceptors (Lipinski definition) is 3. The standard InChI is InChI=1S/C13H17F2NO3/c1-8(6-9(2)17)16-12(18)10-4-3-5-11(7-10)19-13(14)15/h3-5,7-9,13,17H,6H2,1-2H3,(H,16,18). The third-order valence-electron chi connectivity index (χ3n) is 2.39. The lowest BCUT2D eigenvalue weighted by molar-refractivity contribution is -0.0498. The topological polar surface area (TPSA) is 58.6 Å². The Balaban J connectivity index is 2.66. The monoisotopic (exact) mass is 273 g/mol. The minimum absolute atomic E-state index is 0.0640. The third kappa shape index (κ3) is 5.65. The van der Waals surface area contributed by atoms with Crippen LogP contribution >= 0.6 is 0 Å². The Kier molecular flexibility index (Phi) is 5.69. The molecule has 0 saturated heterocycles. The van der Waals surface area contributed by atoms with Gasteiger partial charge in [0.2, 0.25) is 0 Å². The Hall–Kier alpha value is -1.69. The summed E-state index contributed by atoms with van der Waals surface area (Å²) in [6.45, 7) is 0.455. The average molecular weight is 273 g/mol. The Morgan fingerprint density at radius 2 is 2.11 bits per heavy atom. The molecule has 0 saturated carbocycles. The smallest absolute Gasteiger partial charge is 0.387 e. The molecule has 0 aromatic heterocycles. The first kappa shape index (κ1) is 15.4. The summed E-state index contributed by atoms with van der Waals surface area (Å²) in [7, 11) is 0. The van der Waals surface area contributed by atoms with Crippen LogP contribution in [0.5, 0.6) is 5.75 Å². The van der Waals surface area contributed by atoms with E-state index in [1.807, 2.05) is 0 Å². The highest BCUT2D eigenvalue weighted by Gasteiger charge is 2.13. The van der Waals surface area contributed by atoms with Crippen molar-refractivity contribution in [3.05, 3.63) is 29.8 Å². The first-order valence-electron chi connectivity index (χ1n) is 5.92. The number of benzene rings is 1. The Morgan fingerprint density at radius 1 is 1.42 bits per heavy atom. The zero-order chi connectivity index (χ0) is 14.4. The lowest BCUT2D eigenvalue weighted by Gasteiger charge is -2.15. The quantitative estimate of drug-likeness (QED) is 0.835. The number of halogens is 2. The number of aliphatic hydroxyl groups excluding tert-OH is 1. The Morgan fingerprint density at radius 3 is 2.68 bits per heavy atom. The fourth-order valence-corrected chi connectivity index (χ4v) is 1.69. The molecule has 106 valence electrons. The van der Waals surface area contributed by atoms with Gasteiger partial charge in [-0.15, -0.1) is 0 Å². The minimum Gasteiger partial charge on any atom is -0.435 e. The minimum atomic E-state index is -2.92. The number of nitrogens with one attached hydrogen (secondary N) is 1. The molecule has 2 N–H and O–H groups in total. The molecule has 0 radical (unpaired) electrons. The maximum atomic E-state index is 12.1. The fraction of sp³-hybridized carbons (Fsp3) is 0.462. The highest BCUT2D eigenvalue weighted by atomic mass is 19.3. The summed E-state index contributed by atoms with van der Waals surface area (Å²) in [5.41, 5.74) is 0.232. The van der Waals surface area contributed by atoms with Gasteiger partial charge in [0.05, 0.1) is 6.10 Å². The van der Waals surface area contributed by atoms with Crippen LogP contribution in [-0.2, 0) is 0 Å². The lowest BCUT2D eigenvalue weighted by atomic mass is 10.1. The van der Waals surface area contributed by atoms with Crippen LogP contribution in [0.15, 0.2) is 24.3 Å². The van der Waals surface area contributed by atoms with Crippen molar-refractivity contribution in [1.82, 2.24) is 5.32 Å². The molecule has 2 atom stereocenters. The molecule has 1 aromatic rings. The Labute approximate surface area is 110 Å². The number of ether oxygens (including phenoxy) is 1. The van der Waals surface area contributed by atoms with E-state index in [-0.39, 0.29) is 17.4 Å². The van der Waals surface area contributed by atoms with Crippen LogP contribution in [-0.4, -0.2) is 29.8 Å². The highest BCUT2D eigenvalue weighted by molar-refractivity contribution is 5.94. The summed E-state index contributed by atoms with van der Waals surface area (Å²) < 4.78 is 28.3. The largest absolute Gasteiger partial charge is 0.435 e. The molecule has 1 aromatic carbocycles. The number of rotatable bonds is 6. The van der Waals surface area contributed by atoms with Gasteiger partial charge in [0.15, 0.2) is 0 Å². The van der Waals surface area contributed by atoms with Gasteiger partial charge in [-0.3, -0.25) is 4.79 Å². The van der Waals surface area contributed by atoms with Gasteiger partial charge >= 0.3 is 6.61 Å². The summed E-state index contributed by atoms with van der Waals surface area (Å²) in [6, 6.07) is 5.35. The van der Waals surface area contributed by atoms with E-state index in [0.717, 1.165) is 0 Å². The van der Waals surface area contributed by atoms with E-state index in [9.17, 15) is 18.7 Å². The number of hydrogen-bond donors (Lipinski definition) is 2. The van der Waals surface area contributed by atoms with Gasteiger partial charge < -0.3 is 15.2 Å². The molecule has 0 aliphatic carbocycles. The van der Waals surface area contributed by atoms with Gasteiger partial charge in [0, 0.05) is 11.6 Å². The van der Waals surface area contributed by atoms with Gasteiger partial charge in [0.25, 0.3) is 5.91 Å². The first-order valence-corrected chi connectivity index (χ1v) is 5.92. The van der Waals surface area contributed by atoms with E-state index in [4.69, 9.17) is 0 Å². The van der Waals surface area contributed by atoms with Crippen molar-refractivity contribution < 1.29 is 23.4 Å². The maximum Gasteiger partial charge on any atom is 0.387 e. The van der Waals surface area contributed by atoms with Crippen molar-refractivity contribution in [1.29, 1.82) is 0 Å². The van der Waals surface area contributed by atoms with Crippen LogP contribution in [0.3, 0.4) is 0 Å². The maximum absolute atomic E-state index is 12.1. The lowest BCUT2D eigenvalue weighted by Crippen LogP contribution is -2.34. The molecule has 0 bridgehead atoms. The highest BCUT2D eigenvalue weighted by Crippen LogP contribution is 2.16. The zero-order valence-corrected chi connectivity index (χ0v) is 10.8. The average Bonchev–Trinajstić information content (AvgIpc) is 2.27. The summed E-state index contributed by atoms with van der Waals surface area (Å²) in [4.78, 5) is 11.8. The molecule has 0 aliphatic heterocycles. The van der Waals surface area contributed by atoms with Crippen molar-refractivity contribution in [2.75, 3.05) is 0 Å². The van der Waals surface area contributed by atoms with Gasteiger partial charge in [-0.05, 0) is 38.5 Å². The number of amides is 1. The van der Waals surface area contributed by atoms with Crippen molar-refractivity contribution in [2.24, 2.45) is 0 Å². The molecular formula is C13H17F2NO3. The van der Waals surface area contributed by atoms with Crippen LogP contribution in [0.4, 0.5) is 8.78 Å². The van der Waals surface area contributed by atoms with E-state index < -0.39 is 18.6 Å². The van der Waals surface area contributed by atoms with Crippen molar-refractivity contribution in [2.45, 2.75) is 39.0 Å². The molecule has 4 nitrogen and oxygen atoms in total. The second-order valence-electron chi connectivity index (χ2n) is 4.37. The number of alkyl halides is 2. The SMILES string of the molecule is CC(O)CC(C)NC(=O)c1cccc(OC(F)F)c1. The number of carbonyl (C=O) groups is 1. The number of carbonyl (C=O) groups excluding carboxylic acids is 1. The van der Waals surface area contributed by atoms with Crippen molar-refractivity contribution >= 4 is 5.91 Å². The second kappa shape index (κ2) is 7.04. The molecule has 1 amide bonds. The predicted molar refractivity (Wildman–Crippen MR) is 66.3 cm³/mol. The second-order valence-corrected chi connectivity index (χ2v) is 4.37. The van der Waals surface area contributed by atoms with Crippen molar-refractivity contribution in [3.63, 3.8) is 0 Å². The van der Waals surface area contributed by atoms with Crippen LogP contribution in [0.1, 0.15) is 30.6 Å². The summed E-state index contributed by atoms with van der Waals surface area (Å²) in [5, 5.41) is 11.9. The van der Waals surface area contributed by atoms with Gasteiger partial charge in [-0.25, -0.2) is 0 Å². The van der Waals surface area contributed by atoms with Crippen LogP contribution in [0.2, 0.25) is 0 Å². The molecular weight excluding hydrogens is 256 g/mol. The Bertz CT molecular complexity index is 424. The molecule has 0 heterocycles. The molecule has 0 aliphatic rings. The summed E-state index contributed by atoms with van der Waals surface area (Å²) in [6.07, 6.45) is -0.109. The molecule has 6 heteroatoms. The van der Waals surface area contributed by atoms with Crippen LogP contribution < -0.4 is 10.1 Å². The van der Waals surface area contributed by atoms with Crippen LogP contribution in [0, 0.1) is 0 Å². The molecule has 0 fully saturated rings. The van der Waals surface area contributed by atoms with Crippen LogP contribution in [0.25, 0.3) is 0 Å². The summed E-state index contributed by atoms with van der Waals surface area (Å²) in [5.74, 6) is -0.460. The van der Waals surface area contributed by atoms with E-state index in [2.05, 4.69) is 10.1 Å². The molecule has 0 spiro atoms. The van der Waals surface area contributed by atoms with Gasteiger partial charge in [-0.2, -0.15) is 8.78 Å². The van der Waals surface area contributed by atoms with Gasteiger partial charge in [-0.1, -0.05) is 6.07 Å². The van der Waals surface area contributed by atoms with E-state index in [0.29, 0.717) is 6.42 Å².